The van der Waals surface area contributed by atoms with Crippen LogP contribution in [0.25, 0.3) is 0 Å². The highest BCUT2D eigenvalue weighted by Gasteiger charge is 2.13. The van der Waals surface area contributed by atoms with E-state index in [0.717, 1.165) is 0 Å². The topological polar surface area (TPSA) is 112 Å². The second kappa shape index (κ2) is 9.93. The Bertz CT molecular complexity index is 1090. The zero-order valence-corrected chi connectivity index (χ0v) is 17.0. The molecule has 3 N–H and O–H groups in total. The molecule has 0 fully saturated rings. The summed E-state index contributed by atoms with van der Waals surface area (Å²) in [5, 5.41) is 3.94. The van der Waals surface area contributed by atoms with Crippen LogP contribution in [0.1, 0.15) is 26.3 Å². The van der Waals surface area contributed by atoms with Crippen molar-refractivity contribution in [3.63, 3.8) is 0 Å². The molecule has 0 bridgehead atoms. The average Bonchev–Trinajstić information content (AvgIpc) is 2.80. The van der Waals surface area contributed by atoms with Crippen LogP contribution in [0.5, 0.6) is 17.2 Å². The van der Waals surface area contributed by atoms with Crippen molar-refractivity contribution in [2.45, 2.75) is 0 Å². The SMILES string of the molecule is COc1ccc(C(=O)Oc2ccc(/C=N\NC(=O)c3ccc(N)cc3)cc2OC)cc1. The molecule has 0 aliphatic rings. The number of nitrogen functional groups attached to an aromatic ring is 1. The average molecular weight is 419 g/mol. The monoisotopic (exact) mass is 419 g/mol. The Morgan fingerprint density at radius 1 is 0.871 bits per heavy atom. The molecule has 0 aliphatic heterocycles. The number of benzene rings is 3. The minimum Gasteiger partial charge on any atom is -0.497 e. The molecular weight excluding hydrogens is 398 g/mol. The van der Waals surface area contributed by atoms with Crippen LogP contribution in [0.15, 0.2) is 71.8 Å². The maximum absolute atomic E-state index is 12.4. The van der Waals surface area contributed by atoms with Crippen molar-refractivity contribution in [1.82, 2.24) is 5.43 Å². The first-order chi connectivity index (χ1) is 15.0. The second-order valence-electron chi connectivity index (χ2n) is 6.35. The van der Waals surface area contributed by atoms with Crippen LogP contribution in [-0.2, 0) is 0 Å². The van der Waals surface area contributed by atoms with Crippen molar-refractivity contribution in [3.05, 3.63) is 83.4 Å². The van der Waals surface area contributed by atoms with E-state index in [1.54, 1.807) is 73.8 Å². The van der Waals surface area contributed by atoms with Gasteiger partial charge in [-0.3, -0.25) is 4.79 Å². The summed E-state index contributed by atoms with van der Waals surface area (Å²) in [5.74, 6) is 0.342. The number of amides is 1. The molecular formula is C23H21N3O5. The van der Waals surface area contributed by atoms with Gasteiger partial charge in [-0.2, -0.15) is 5.10 Å². The molecule has 3 aromatic carbocycles. The lowest BCUT2D eigenvalue weighted by atomic mass is 10.2. The first-order valence-electron chi connectivity index (χ1n) is 9.23. The Morgan fingerprint density at radius 3 is 2.19 bits per heavy atom. The lowest BCUT2D eigenvalue weighted by Gasteiger charge is -2.10. The van der Waals surface area contributed by atoms with Crippen molar-refractivity contribution in [2.75, 3.05) is 20.0 Å². The van der Waals surface area contributed by atoms with E-state index in [-0.39, 0.29) is 11.7 Å². The molecule has 0 saturated heterocycles. The number of nitrogens with one attached hydrogen (secondary N) is 1. The highest BCUT2D eigenvalue weighted by Crippen LogP contribution is 2.28. The van der Waals surface area contributed by atoms with Crippen LogP contribution in [0.4, 0.5) is 5.69 Å². The van der Waals surface area contributed by atoms with Crippen LogP contribution in [-0.4, -0.2) is 32.3 Å². The molecule has 8 heteroatoms. The number of methoxy groups -OCH3 is 2. The molecule has 1 amide bonds. The number of carbonyl (C=O) groups is 2. The van der Waals surface area contributed by atoms with Gasteiger partial charge in [0.15, 0.2) is 11.5 Å². The molecule has 3 rings (SSSR count). The molecule has 0 spiro atoms. The Hall–Kier alpha value is -4.33. The van der Waals surface area contributed by atoms with Crippen molar-refractivity contribution >= 4 is 23.8 Å². The third-order valence-corrected chi connectivity index (χ3v) is 4.27. The van der Waals surface area contributed by atoms with Crippen LogP contribution in [0, 0.1) is 0 Å². The Kier molecular flexibility index (Phi) is 6.85. The lowest BCUT2D eigenvalue weighted by Crippen LogP contribution is -2.17. The van der Waals surface area contributed by atoms with Crippen LogP contribution in [0.3, 0.4) is 0 Å². The summed E-state index contributed by atoms with van der Waals surface area (Å²) < 4.78 is 15.8. The van der Waals surface area contributed by atoms with Gasteiger partial charge in [-0.05, 0) is 72.3 Å². The molecule has 0 aliphatic carbocycles. The highest BCUT2D eigenvalue weighted by atomic mass is 16.6. The fraction of sp³-hybridized carbons (Fsp3) is 0.0870. The molecule has 158 valence electrons. The standard InChI is InChI=1S/C23H21N3O5/c1-29-19-10-6-17(7-11-19)23(28)31-20-12-3-15(13-21(20)30-2)14-25-26-22(27)16-4-8-18(24)9-5-16/h3-14H,24H2,1-2H3,(H,26,27)/b25-14-. The summed E-state index contributed by atoms with van der Waals surface area (Å²) in [6, 6.07) is 17.9. The molecule has 0 heterocycles. The number of hydrazone groups is 1. The smallest absolute Gasteiger partial charge is 0.343 e. The Morgan fingerprint density at radius 2 is 1.55 bits per heavy atom. The van der Waals surface area contributed by atoms with Gasteiger partial charge < -0.3 is 19.9 Å². The van der Waals surface area contributed by atoms with Gasteiger partial charge in [-0.15, -0.1) is 0 Å². The fourth-order valence-electron chi connectivity index (χ4n) is 2.60. The first-order valence-corrected chi connectivity index (χ1v) is 9.23. The van der Waals surface area contributed by atoms with Crippen LogP contribution < -0.4 is 25.4 Å². The van der Waals surface area contributed by atoms with E-state index in [0.29, 0.717) is 33.9 Å². The summed E-state index contributed by atoms with van der Waals surface area (Å²) in [6.45, 7) is 0. The summed E-state index contributed by atoms with van der Waals surface area (Å²) >= 11 is 0. The van der Waals surface area contributed by atoms with E-state index in [9.17, 15) is 9.59 Å². The number of rotatable bonds is 7. The van der Waals surface area contributed by atoms with Crippen molar-refractivity contribution in [3.8, 4) is 17.2 Å². The second-order valence-corrected chi connectivity index (χ2v) is 6.35. The maximum Gasteiger partial charge on any atom is 0.343 e. The van der Waals surface area contributed by atoms with Gasteiger partial charge >= 0.3 is 5.97 Å². The quantitative estimate of drug-likeness (QED) is 0.200. The summed E-state index contributed by atoms with van der Waals surface area (Å²) in [5.41, 5.74) is 10.1. The van der Waals surface area contributed by atoms with Gasteiger partial charge in [-0.1, -0.05) is 0 Å². The zero-order valence-electron chi connectivity index (χ0n) is 17.0. The molecule has 0 atom stereocenters. The van der Waals surface area contributed by atoms with Crippen molar-refractivity contribution in [1.29, 1.82) is 0 Å². The molecule has 0 aromatic heterocycles. The van der Waals surface area contributed by atoms with Gasteiger partial charge in [0.2, 0.25) is 0 Å². The van der Waals surface area contributed by atoms with Crippen molar-refractivity contribution in [2.24, 2.45) is 5.10 Å². The third kappa shape index (κ3) is 5.60. The number of nitrogens with zero attached hydrogens (tertiary/aromatic N) is 1. The number of esters is 1. The zero-order chi connectivity index (χ0) is 22.2. The normalized spacial score (nSPS) is 10.5. The fourth-order valence-corrected chi connectivity index (χ4v) is 2.60. The minimum atomic E-state index is -0.530. The molecule has 31 heavy (non-hydrogen) atoms. The summed E-state index contributed by atoms with van der Waals surface area (Å²) in [7, 11) is 3.01. The Balaban J connectivity index is 1.66. The molecule has 0 unspecified atom stereocenters. The molecule has 0 saturated carbocycles. The minimum absolute atomic E-state index is 0.256. The van der Waals surface area contributed by atoms with Gasteiger partial charge in [-0.25, -0.2) is 10.2 Å². The summed E-state index contributed by atoms with van der Waals surface area (Å²) in [4.78, 5) is 24.4. The molecule has 8 nitrogen and oxygen atoms in total. The van der Waals surface area contributed by atoms with E-state index in [1.165, 1.54) is 13.3 Å². The molecule has 0 radical (unpaired) electrons. The number of nitrogens with two attached hydrogens (primary N) is 1. The van der Waals surface area contributed by atoms with Gasteiger partial charge in [0.1, 0.15) is 5.75 Å². The van der Waals surface area contributed by atoms with Gasteiger partial charge in [0, 0.05) is 11.3 Å². The number of hydrogen-bond donors (Lipinski definition) is 2. The Labute approximate surface area is 179 Å². The predicted octanol–water partition coefficient (Wildman–Crippen LogP) is 3.27. The summed E-state index contributed by atoms with van der Waals surface area (Å²) in [6.07, 6.45) is 1.45. The van der Waals surface area contributed by atoms with Gasteiger partial charge in [0.05, 0.1) is 26.0 Å². The van der Waals surface area contributed by atoms with E-state index in [1.807, 2.05) is 0 Å². The number of ether oxygens (including phenoxy) is 3. The first kappa shape index (κ1) is 21.4. The number of anilines is 1. The highest BCUT2D eigenvalue weighted by molar-refractivity contribution is 5.95. The lowest BCUT2D eigenvalue weighted by molar-refractivity contribution is 0.0729. The number of carbonyl (C=O) groups excluding carboxylic acids is 2. The van der Waals surface area contributed by atoms with E-state index in [2.05, 4.69) is 10.5 Å². The maximum atomic E-state index is 12.4. The van der Waals surface area contributed by atoms with Crippen LogP contribution in [0.2, 0.25) is 0 Å². The van der Waals surface area contributed by atoms with E-state index < -0.39 is 5.97 Å². The molecule has 3 aromatic rings. The third-order valence-electron chi connectivity index (χ3n) is 4.27. The van der Waals surface area contributed by atoms with E-state index >= 15 is 0 Å². The van der Waals surface area contributed by atoms with Crippen molar-refractivity contribution < 1.29 is 23.8 Å². The number of hydrogen-bond acceptors (Lipinski definition) is 7. The predicted molar refractivity (Wildman–Crippen MR) is 117 cm³/mol. The van der Waals surface area contributed by atoms with Gasteiger partial charge in [0.25, 0.3) is 5.91 Å². The van der Waals surface area contributed by atoms with Crippen LogP contribution >= 0.6 is 0 Å². The van der Waals surface area contributed by atoms with E-state index in [4.69, 9.17) is 19.9 Å². The largest absolute Gasteiger partial charge is 0.497 e.